The van der Waals surface area contributed by atoms with E-state index in [0.717, 1.165) is 25.0 Å². The second-order valence-electron chi connectivity index (χ2n) is 9.52. The van der Waals surface area contributed by atoms with Crippen molar-refractivity contribution in [2.45, 2.75) is 52.4 Å². The van der Waals surface area contributed by atoms with Gasteiger partial charge in [0.25, 0.3) is 5.91 Å². The number of hydrogen-bond donors (Lipinski definition) is 1. The van der Waals surface area contributed by atoms with Gasteiger partial charge in [-0.3, -0.25) is 9.59 Å². The summed E-state index contributed by atoms with van der Waals surface area (Å²) in [5, 5.41) is 8.50. The molecule has 0 fully saturated rings. The molecular formula is C27H32Cl2N4O2. The first-order valence-corrected chi connectivity index (χ1v) is 12.6. The molecule has 0 saturated heterocycles. The second kappa shape index (κ2) is 11.7. The number of unbranched alkanes of at least 4 members (excludes halogenated alkanes) is 2. The smallest absolute Gasteiger partial charge is 0.254 e. The molecule has 0 radical (unpaired) electrons. The van der Waals surface area contributed by atoms with Crippen LogP contribution in [0.15, 0.2) is 54.6 Å². The summed E-state index contributed by atoms with van der Waals surface area (Å²) in [5.74, 6) is 0.0386. The maximum atomic E-state index is 13.2. The molecule has 0 atom stereocenters. The summed E-state index contributed by atoms with van der Waals surface area (Å²) in [6.45, 7) is 8.70. The molecule has 6 nitrogen and oxygen atoms in total. The predicted molar refractivity (Wildman–Crippen MR) is 143 cm³/mol. The lowest BCUT2D eigenvalue weighted by Gasteiger charge is -2.22. The summed E-state index contributed by atoms with van der Waals surface area (Å²) in [4.78, 5) is 27.9. The van der Waals surface area contributed by atoms with E-state index in [-0.39, 0.29) is 23.8 Å². The maximum absolute atomic E-state index is 13.2. The predicted octanol–water partition coefficient (Wildman–Crippen LogP) is 6.75. The van der Waals surface area contributed by atoms with Gasteiger partial charge in [0.1, 0.15) is 12.4 Å². The summed E-state index contributed by atoms with van der Waals surface area (Å²) >= 11 is 12.3. The lowest BCUT2D eigenvalue weighted by Crippen LogP contribution is -2.39. The van der Waals surface area contributed by atoms with Gasteiger partial charge in [0.05, 0.1) is 21.4 Å². The summed E-state index contributed by atoms with van der Waals surface area (Å²) in [6.07, 6.45) is 2.84. The van der Waals surface area contributed by atoms with Gasteiger partial charge in [-0.2, -0.15) is 5.10 Å². The number of amides is 2. The van der Waals surface area contributed by atoms with Crippen LogP contribution in [0.2, 0.25) is 10.0 Å². The van der Waals surface area contributed by atoms with E-state index in [0.29, 0.717) is 33.7 Å². The number of carbonyl (C=O) groups is 2. The fraction of sp³-hybridized carbons (Fsp3) is 0.370. The lowest BCUT2D eigenvalue weighted by molar-refractivity contribution is -0.117. The number of anilines is 1. The Hall–Kier alpha value is -2.83. The molecule has 0 aliphatic rings. The monoisotopic (exact) mass is 514 g/mol. The van der Waals surface area contributed by atoms with Crippen molar-refractivity contribution in [1.82, 2.24) is 14.7 Å². The maximum Gasteiger partial charge on any atom is 0.254 e. The fourth-order valence-corrected chi connectivity index (χ4v) is 3.87. The van der Waals surface area contributed by atoms with Crippen molar-refractivity contribution in [3.8, 4) is 5.69 Å². The number of aromatic nitrogens is 2. The van der Waals surface area contributed by atoms with Gasteiger partial charge in [-0.15, -0.1) is 0 Å². The molecule has 0 spiro atoms. The number of nitrogens with zero attached hydrogens (tertiary/aromatic N) is 3. The van der Waals surface area contributed by atoms with Crippen molar-refractivity contribution in [2.24, 2.45) is 0 Å². The normalized spacial score (nSPS) is 11.4. The Kier molecular flexibility index (Phi) is 8.98. The Bertz CT molecular complexity index is 1170. The minimum absolute atomic E-state index is 0.0607. The van der Waals surface area contributed by atoms with E-state index in [9.17, 15) is 9.59 Å². The van der Waals surface area contributed by atoms with Crippen molar-refractivity contribution < 1.29 is 9.59 Å². The van der Waals surface area contributed by atoms with Crippen LogP contribution in [0.1, 0.15) is 63.0 Å². The number of benzene rings is 2. The van der Waals surface area contributed by atoms with Crippen LogP contribution >= 0.6 is 23.2 Å². The van der Waals surface area contributed by atoms with Crippen LogP contribution in [-0.4, -0.2) is 39.6 Å². The van der Waals surface area contributed by atoms with E-state index in [1.54, 1.807) is 39.9 Å². The minimum Gasteiger partial charge on any atom is -0.329 e. The molecular weight excluding hydrogens is 483 g/mol. The molecule has 0 aliphatic heterocycles. The molecule has 0 unspecified atom stereocenters. The molecule has 2 aromatic carbocycles. The lowest BCUT2D eigenvalue weighted by atomic mass is 9.92. The Balaban J connectivity index is 1.86. The SMILES string of the molecule is CCCCCN(CC(=O)Nc1cc(C(C)(C)C)nn1-c1ccc(Cl)c(Cl)c1)C(=O)c1ccccc1. The second-order valence-corrected chi connectivity index (χ2v) is 10.3. The average Bonchev–Trinajstić information content (AvgIpc) is 3.24. The standard InChI is InChI=1S/C27H32Cl2N4O2/c1-5-6-10-15-32(26(35)19-11-8-7-9-12-19)18-25(34)30-24-17-23(27(2,3)4)31-33(24)20-13-14-21(28)22(29)16-20/h7-9,11-14,16-17H,5-6,10,15,18H2,1-4H3,(H,30,34). The average molecular weight is 515 g/mol. The zero-order valence-electron chi connectivity index (χ0n) is 20.6. The summed E-state index contributed by atoms with van der Waals surface area (Å²) < 4.78 is 1.64. The first-order chi connectivity index (χ1) is 16.6. The van der Waals surface area contributed by atoms with Crippen molar-refractivity contribution >= 4 is 40.8 Å². The highest BCUT2D eigenvalue weighted by Crippen LogP contribution is 2.29. The third kappa shape index (κ3) is 7.09. The molecule has 1 heterocycles. The van der Waals surface area contributed by atoms with Crippen LogP contribution in [-0.2, 0) is 10.2 Å². The van der Waals surface area contributed by atoms with E-state index in [4.69, 9.17) is 28.3 Å². The molecule has 0 aliphatic carbocycles. The Morgan fingerprint density at radius 3 is 2.34 bits per heavy atom. The van der Waals surface area contributed by atoms with Gasteiger partial charge in [-0.05, 0) is 36.8 Å². The largest absolute Gasteiger partial charge is 0.329 e. The highest BCUT2D eigenvalue weighted by molar-refractivity contribution is 6.42. The number of carbonyl (C=O) groups excluding carboxylic acids is 2. The molecule has 35 heavy (non-hydrogen) atoms. The van der Waals surface area contributed by atoms with Gasteiger partial charge >= 0.3 is 0 Å². The topological polar surface area (TPSA) is 67.2 Å². The molecule has 3 rings (SSSR count). The summed E-state index contributed by atoms with van der Waals surface area (Å²) in [5.41, 5.74) is 1.80. The van der Waals surface area contributed by atoms with Crippen molar-refractivity contribution in [1.29, 1.82) is 0 Å². The Morgan fingerprint density at radius 2 is 1.71 bits per heavy atom. The van der Waals surface area contributed by atoms with E-state index >= 15 is 0 Å². The summed E-state index contributed by atoms with van der Waals surface area (Å²) in [7, 11) is 0. The van der Waals surface area contributed by atoms with Gasteiger partial charge in [-0.1, -0.05) is 81.9 Å². The van der Waals surface area contributed by atoms with E-state index in [1.165, 1.54) is 0 Å². The molecule has 8 heteroatoms. The quantitative estimate of drug-likeness (QED) is 0.321. The molecule has 3 aromatic rings. The van der Waals surface area contributed by atoms with E-state index in [2.05, 4.69) is 12.2 Å². The highest BCUT2D eigenvalue weighted by atomic mass is 35.5. The minimum atomic E-state index is -0.299. The van der Waals surface area contributed by atoms with Crippen LogP contribution in [0.25, 0.3) is 5.69 Å². The fourth-order valence-electron chi connectivity index (χ4n) is 3.57. The molecule has 2 amide bonds. The molecule has 1 aromatic heterocycles. The van der Waals surface area contributed by atoms with E-state index < -0.39 is 0 Å². The van der Waals surface area contributed by atoms with Crippen LogP contribution in [0.5, 0.6) is 0 Å². The zero-order chi connectivity index (χ0) is 25.6. The summed E-state index contributed by atoms with van der Waals surface area (Å²) in [6, 6.07) is 16.1. The van der Waals surface area contributed by atoms with Crippen LogP contribution in [0.3, 0.4) is 0 Å². The van der Waals surface area contributed by atoms with Crippen molar-refractivity contribution in [2.75, 3.05) is 18.4 Å². The third-order valence-corrected chi connectivity index (χ3v) is 6.31. The number of nitrogens with one attached hydrogen (secondary N) is 1. The van der Waals surface area contributed by atoms with Gasteiger partial charge in [0.15, 0.2) is 0 Å². The van der Waals surface area contributed by atoms with Crippen LogP contribution in [0, 0.1) is 0 Å². The van der Waals surface area contributed by atoms with E-state index in [1.807, 2.05) is 45.0 Å². The molecule has 0 saturated carbocycles. The van der Waals surface area contributed by atoms with Gasteiger partial charge < -0.3 is 10.2 Å². The Labute approximate surface area is 217 Å². The Morgan fingerprint density at radius 1 is 1.00 bits per heavy atom. The first-order valence-electron chi connectivity index (χ1n) is 11.8. The van der Waals surface area contributed by atoms with Crippen molar-refractivity contribution in [3.63, 3.8) is 0 Å². The number of rotatable bonds is 9. The highest BCUT2D eigenvalue weighted by Gasteiger charge is 2.23. The third-order valence-electron chi connectivity index (χ3n) is 5.57. The first kappa shape index (κ1) is 26.8. The van der Waals surface area contributed by atoms with Gasteiger partial charge in [0.2, 0.25) is 5.91 Å². The molecule has 186 valence electrons. The van der Waals surface area contributed by atoms with Crippen LogP contribution in [0.4, 0.5) is 5.82 Å². The van der Waals surface area contributed by atoms with Gasteiger partial charge in [0, 0.05) is 23.6 Å². The molecule has 1 N–H and O–H groups in total. The van der Waals surface area contributed by atoms with Crippen molar-refractivity contribution in [3.05, 3.63) is 75.9 Å². The number of halogens is 2. The number of hydrogen-bond acceptors (Lipinski definition) is 3. The van der Waals surface area contributed by atoms with Crippen LogP contribution < -0.4 is 5.32 Å². The van der Waals surface area contributed by atoms with Gasteiger partial charge in [-0.25, -0.2) is 4.68 Å². The zero-order valence-corrected chi connectivity index (χ0v) is 22.2. The molecule has 0 bridgehead atoms.